The summed E-state index contributed by atoms with van der Waals surface area (Å²) >= 11 is 0. The molecule has 1 aliphatic heterocycles. The third-order valence-corrected chi connectivity index (χ3v) is 5.90. The molecule has 4 rings (SSSR count). The minimum atomic E-state index is -1.36. The Morgan fingerprint density at radius 1 is 1.38 bits per heavy atom. The van der Waals surface area contributed by atoms with Gasteiger partial charge in [0, 0.05) is 31.4 Å². The van der Waals surface area contributed by atoms with Gasteiger partial charge >= 0.3 is 5.97 Å². The van der Waals surface area contributed by atoms with Crippen molar-refractivity contribution in [3.63, 3.8) is 0 Å². The van der Waals surface area contributed by atoms with Crippen molar-refractivity contribution in [1.29, 1.82) is 0 Å². The molecule has 0 spiro atoms. The van der Waals surface area contributed by atoms with Crippen LogP contribution in [-0.4, -0.2) is 48.9 Å². The molecule has 1 saturated heterocycles. The Morgan fingerprint density at radius 3 is 2.69 bits per heavy atom. The van der Waals surface area contributed by atoms with Gasteiger partial charge < -0.3 is 30.4 Å². The minimum absolute atomic E-state index is 0.0363. The summed E-state index contributed by atoms with van der Waals surface area (Å²) in [5, 5.41) is 12.6. The first kappa shape index (κ1) is 19.5. The number of pyridine rings is 1. The molecule has 2 fully saturated rings. The lowest BCUT2D eigenvalue weighted by molar-refractivity contribution is 0.0695. The number of nitrogens with one attached hydrogen (secondary N) is 1. The molecule has 2 aromatic rings. The van der Waals surface area contributed by atoms with Crippen molar-refractivity contribution in [2.75, 3.05) is 37.9 Å². The SMILES string of the molecule is CNC1CCCN(c2c(F)c(N)c3c(=O)c(C(=O)O)cn(C4CC4)c3c2OC)C1. The topological polar surface area (TPSA) is 110 Å². The number of carbonyl (C=O) groups is 1. The number of rotatable bonds is 5. The fraction of sp³-hybridized carbons (Fsp3) is 0.500. The fourth-order valence-corrected chi connectivity index (χ4v) is 4.25. The number of ether oxygens (including phenoxy) is 1. The average molecular weight is 404 g/mol. The number of methoxy groups -OCH3 is 1. The van der Waals surface area contributed by atoms with Crippen molar-refractivity contribution in [2.45, 2.75) is 37.8 Å². The van der Waals surface area contributed by atoms with Crippen LogP contribution in [0.1, 0.15) is 42.1 Å². The second kappa shape index (κ2) is 7.22. The Bertz CT molecular complexity index is 1050. The molecule has 1 saturated carbocycles. The maximum absolute atomic E-state index is 15.5. The molecule has 4 N–H and O–H groups in total. The van der Waals surface area contributed by atoms with Gasteiger partial charge in [-0.2, -0.15) is 0 Å². The zero-order valence-electron chi connectivity index (χ0n) is 16.5. The molecule has 29 heavy (non-hydrogen) atoms. The predicted octanol–water partition coefficient (Wildman–Crippen LogP) is 1.95. The van der Waals surface area contributed by atoms with Crippen LogP contribution in [-0.2, 0) is 0 Å². The molecule has 1 unspecified atom stereocenters. The number of piperidine rings is 1. The van der Waals surface area contributed by atoms with Crippen LogP contribution in [0.25, 0.3) is 10.9 Å². The van der Waals surface area contributed by atoms with Gasteiger partial charge in [-0.05, 0) is 32.7 Å². The summed E-state index contributed by atoms with van der Waals surface area (Å²) in [5.41, 5.74) is 5.15. The Balaban J connectivity index is 2.06. The molecule has 0 amide bonds. The zero-order chi connectivity index (χ0) is 20.9. The first-order chi connectivity index (χ1) is 13.9. The number of benzene rings is 1. The average Bonchev–Trinajstić information content (AvgIpc) is 3.55. The van der Waals surface area contributed by atoms with Crippen LogP contribution < -0.4 is 26.1 Å². The van der Waals surface area contributed by atoms with E-state index in [-0.39, 0.29) is 34.6 Å². The number of hydrogen-bond acceptors (Lipinski definition) is 6. The molecular weight excluding hydrogens is 379 g/mol. The normalized spacial score (nSPS) is 19.6. The van der Waals surface area contributed by atoms with Crippen molar-refractivity contribution >= 4 is 28.2 Å². The summed E-state index contributed by atoms with van der Waals surface area (Å²) in [4.78, 5) is 26.4. The Morgan fingerprint density at radius 2 is 2.10 bits per heavy atom. The van der Waals surface area contributed by atoms with Gasteiger partial charge in [-0.25, -0.2) is 9.18 Å². The number of likely N-dealkylation sites (N-methyl/N-ethyl adjacent to an activating group) is 1. The highest BCUT2D eigenvalue weighted by Gasteiger charge is 2.34. The highest BCUT2D eigenvalue weighted by molar-refractivity contribution is 6.03. The number of nitrogens with two attached hydrogens (primary N) is 1. The van der Waals surface area contributed by atoms with E-state index in [0.717, 1.165) is 25.7 Å². The van der Waals surface area contributed by atoms with Gasteiger partial charge in [0.15, 0.2) is 11.6 Å². The molecule has 156 valence electrons. The van der Waals surface area contributed by atoms with Crippen molar-refractivity contribution < 1.29 is 19.0 Å². The molecule has 2 aliphatic rings. The quantitative estimate of drug-likeness (QED) is 0.654. The maximum atomic E-state index is 15.5. The number of hydrogen-bond donors (Lipinski definition) is 3. The number of nitrogen functional groups attached to an aromatic ring is 1. The molecule has 0 radical (unpaired) electrons. The lowest BCUT2D eigenvalue weighted by Crippen LogP contribution is -2.45. The van der Waals surface area contributed by atoms with Gasteiger partial charge in [-0.1, -0.05) is 0 Å². The van der Waals surface area contributed by atoms with Gasteiger partial charge in [-0.15, -0.1) is 0 Å². The number of aromatic carboxylic acids is 1. The van der Waals surface area contributed by atoms with E-state index in [1.54, 1.807) is 4.57 Å². The Labute approximate surface area is 167 Å². The van der Waals surface area contributed by atoms with Crippen LogP contribution in [0, 0.1) is 5.82 Å². The molecule has 9 heteroatoms. The summed E-state index contributed by atoms with van der Waals surface area (Å²) < 4.78 is 22.8. The smallest absolute Gasteiger partial charge is 0.341 e. The maximum Gasteiger partial charge on any atom is 0.341 e. The van der Waals surface area contributed by atoms with Crippen LogP contribution in [0.3, 0.4) is 0 Å². The third-order valence-electron chi connectivity index (χ3n) is 5.90. The standard InChI is InChI=1S/C20H25FN4O4/c1-23-10-4-3-7-24(8-10)17-14(21)15(22)13-16(19(17)29-2)25(11-5-6-11)9-12(18(13)26)20(27)28/h9-11,23H,3-8,22H2,1-2H3,(H,27,28). The first-order valence-electron chi connectivity index (χ1n) is 9.78. The van der Waals surface area contributed by atoms with Gasteiger partial charge in [0.05, 0.1) is 23.7 Å². The number of halogens is 1. The largest absolute Gasteiger partial charge is 0.492 e. The molecule has 2 heterocycles. The van der Waals surface area contributed by atoms with E-state index in [2.05, 4.69) is 5.32 Å². The van der Waals surface area contributed by atoms with Crippen LogP contribution >= 0.6 is 0 Å². The van der Waals surface area contributed by atoms with Crippen LogP contribution in [0.4, 0.5) is 15.8 Å². The second-order valence-electron chi connectivity index (χ2n) is 7.72. The van der Waals surface area contributed by atoms with Gasteiger partial charge in [0.2, 0.25) is 5.43 Å². The summed E-state index contributed by atoms with van der Waals surface area (Å²) in [6.07, 6.45) is 4.88. The van der Waals surface area contributed by atoms with E-state index < -0.39 is 22.8 Å². The van der Waals surface area contributed by atoms with Crippen molar-refractivity contribution in [1.82, 2.24) is 9.88 Å². The van der Waals surface area contributed by atoms with E-state index in [1.807, 2.05) is 11.9 Å². The van der Waals surface area contributed by atoms with E-state index in [0.29, 0.717) is 18.6 Å². The second-order valence-corrected chi connectivity index (χ2v) is 7.72. The van der Waals surface area contributed by atoms with Crippen LogP contribution in [0.5, 0.6) is 5.75 Å². The summed E-state index contributed by atoms with van der Waals surface area (Å²) in [5.74, 6) is -1.88. The summed E-state index contributed by atoms with van der Waals surface area (Å²) in [7, 11) is 3.30. The van der Waals surface area contributed by atoms with E-state index in [4.69, 9.17) is 10.5 Å². The number of aromatic nitrogens is 1. The third kappa shape index (κ3) is 3.09. The number of carboxylic acids is 1. The van der Waals surface area contributed by atoms with Crippen LogP contribution in [0.15, 0.2) is 11.0 Å². The molecule has 1 aromatic carbocycles. The van der Waals surface area contributed by atoms with Gasteiger partial charge in [0.1, 0.15) is 11.3 Å². The van der Waals surface area contributed by atoms with Crippen molar-refractivity contribution in [2.24, 2.45) is 0 Å². The summed E-state index contributed by atoms with van der Waals surface area (Å²) in [6.45, 7) is 1.22. The lowest BCUT2D eigenvalue weighted by atomic mass is 10.0. The number of carboxylic acid groups (broad SMARTS) is 1. The summed E-state index contributed by atoms with van der Waals surface area (Å²) in [6, 6.07) is 0.235. The number of nitrogens with zero attached hydrogens (tertiary/aromatic N) is 2. The van der Waals surface area contributed by atoms with Crippen molar-refractivity contribution in [3.05, 3.63) is 27.8 Å². The lowest BCUT2D eigenvalue weighted by Gasteiger charge is -2.35. The first-order valence-corrected chi connectivity index (χ1v) is 9.78. The fourth-order valence-electron chi connectivity index (χ4n) is 4.25. The van der Waals surface area contributed by atoms with E-state index >= 15 is 4.39 Å². The Kier molecular flexibility index (Phi) is 4.85. The number of anilines is 2. The molecular formula is C20H25FN4O4. The monoisotopic (exact) mass is 404 g/mol. The molecule has 1 atom stereocenters. The highest BCUT2D eigenvalue weighted by atomic mass is 19.1. The molecule has 8 nitrogen and oxygen atoms in total. The van der Waals surface area contributed by atoms with Crippen molar-refractivity contribution in [3.8, 4) is 5.75 Å². The highest BCUT2D eigenvalue weighted by Crippen LogP contribution is 2.46. The van der Waals surface area contributed by atoms with E-state index in [9.17, 15) is 14.7 Å². The molecule has 0 bridgehead atoms. The van der Waals surface area contributed by atoms with Gasteiger partial charge in [0.25, 0.3) is 0 Å². The zero-order valence-corrected chi connectivity index (χ0v) is 16.5. The Hall–Kier alpha value is -2.81. The van der Waals surface area contributed by atoms with Crippen LogP contribution in [0.2, 0.25) is 0 Å². The molecule has 1 aromatic heterocycles. The predicted molar refractivity (Wildman–Crippen MR) is 109 cm³/mol. The van der Waals surface area contributed by atoms with Gasteiger partial charge in [-0.3, -0.25) is 4.79 Å². The molecule has 1 aliphatic carbocycles. The van der Waals surface area contributed by atoms with E-state index in [1.165, 1.54) is 13.3 Å². The minimum Gasteiger partial charge on any atom is -0.492 e. The number of fused-ring (bicyclic) bond motifs is 1.